The van der Waals surface area contributed by atoms with E-state index in [-0.39, 0.29) is 37.4 Å². The zero-order valence-corrected chi connectivity index (χ0v) is 18.7. The Kier molecular flexibility index (Phi) is 6.06. The van der Waals surface area contributed by atoms with Gasteiger partial charge in [0.15, 0.2) is 0 Å². The smallest absolute Gasteiger partial charge is 0.338 e. The minimum absolute atomic E-state index is 0.0215. The SMILES string of the molecule is CC(C)[C@]1(C(=O)N2CCc3ccc(C(F)(F)F)cc3C2)CC[C@@H](N2CCCC(F)(F)C2)C1. The maximum Gasteiger partial charge on any atom is 0.416 e. The number of piperidine rings is 1. The fraction of sp³-hybridized carbons (Fsp3) is 0.708. The highest BCUT2D eigenvalue weighted by Gasteiger charge is 2.52. The van der Waals surface area contributed by atoms with E-state index in [0.29, 0.717) is 50.8 Å². The first-order valence-corrected chi connectivity index (χ1v) is 11.5. The van der Waals surface area contributed by atoms with E-state index in [1.54, 1.807) is 4.90 Å². The largest absolute Gasteiger partial charge is 0.416 e. The van der Waals surface area contributed by atoms with Crippen LogP contribution in [0, 0.1) is 11.3 Å². The average molecular weight is 459 g/mol. The number of halogens is 5. The van der Waals surface area contributed by atoms with E-state index < -0.39 is 23.1 Å². The number of hydrogen-bond donors (Lipinski definition) is 0. The molecule has 2 heterocycles. The summed E-state index contributed by atoms with van der Waals surface area (Å²) in [6, 6.07) is 3.72. The number of rotatable bonds is 3. The first-order chi connectivity index (χ1) is 14.9. The fourth-order valence-electron chi connectivity index (χ4n) is 5.86. The molecule has 32 heavy (non-hydrogen) atoms. The molecule has 178 valence electrons. The molecule has 0 bridgehead atoms. The Morgan fingerprint density at radius 3 is 2.53 bits per heavy atom. The monoisotopic (exact) mass is 458 g/mol. The molecule has 2 atom stereocenters. The van der Waals surface area contributed by atoms with Crippen LogP contribution in [0.4, 0.5) is 22.0 Å². The van der Waals surface area contributed by atoms with Gasteiger partial charge < -0.3 is 4.90 Å². The average Bonchev–Trinajstić information content (AvgIpc) is 3.18. The van der Waals surface area contributed by atoms with E-state index >= 15 is 0 Å². The second kappa shape index (κ2) is 8.26. The number of carbonyl (C=O) groups excluding carboxylic acids is 1. The third kappa shape index (κ3) is 4.39. The molecule has 1 amide bonds. The molecule has 3 aliphatic rings. The lowest BCUT2D eigenvalue weighted by molar-refractivity contribution is -0.146. The summed E-state index contributed by atoms with van der Waals surface area (Å²) in [5.41, 5.74) is 0.0383. The zero-order chi connectivity index (χ0) is 23.3. The molecule has 2 fully saturated rings. The van der Waals surface area contributed by atoms with Crippen LogP contribution in [0.2, 0.25) is 0 Å². The molecule has 1 aromatic carbocycles. The lowest BCUT2D eigenvalue weighted by atomic mass is 9.73. The van der Waals surface area contributed by atoms with Gasteiger partial charge >= 0.3 is 6.18 Å². The molecule has 1 saturated carbocycles. The standard InChI is InChI=1S/C24H31F5N2O/c1-16(2)22(9-6-20(13-22)31-10-3-8-23(25,26)15-31)21(32)30-11-7-17-4-5-19(24(27,28)29)12-18(17)14-30/h4-5,12,16,20H,3,6-11,13-15H2,1-2H3/t20-,22+/m1/s1. The van der Waals surface area contributed by atoms with Crippen LogP contribution >= 0.6 is 0 Å². The second-order valence-corrected chi connectivity index (χ2v) is 10.1. The number of likely N-dealkylation sites (tertiary alicyclic amines) is 1. The number of nitrogens with zero attached hydrogens (tertiary/aromatic N) is 2. The minimum Gasteiger partial charge on any atom is -0.338 e. The molecule has 0 radical (unpaired) electrons. The molecule has 2 aliphatic heterocycles. The topological polar surface area (TPSA) is 23.6 Å². The van der Waals surface area contributed by atoms with Crippen LogP contribution in [0.15, 0.2) is 18.2 Å². The highest BCUT2D eigenvalue weighted by Crippen LogP contribution is 2.49. The van der Waals surface area contributed by atoms with Crippen LogP contribution in [0.1, 0.15) is 62.6 Å². The highest BCUT2D eigenvalue weighted by molar-refractivity contribution is 5.84. The Morgan fingerprint density at radius 1 is 1.12 bits per heavy atom. The van der Waals surface area contributed by atoms with E-state index in [0.717, 1.165) is 17.7 Å². The summed E-state index contributed by atoms with van der Waals surface area (Å²) >= 11 is 0. The summed E-state index contributed by atoms with van der Waals surface area (Å²) in [6.07, 6.45) is -1.67. The Labute approximate surface area is 185 Å². The van der Waals surface area contributed by atoms with Crippen LogP contribution in [-0.4, -0.2) is 47.3 Å². The van der Waals surface area contributed by atoms with Crippen molar-refractivity contribution >= 4 is 5.91 Å². The summed E-state index contributed by atoms with van der Waals surface area (Å²) < 4.78 is 67.4. The molecular formula is C24H31F5N2O. The molecule has 3 nitrogen and oxygen atoms in total. The molecule has 0 unspecified atom stereocenters. The van der Waals surface area contributed by atoms with Gasteiger partial charge in [-0.3, -0.25) is 9.69 Å². The maximum atomic E-state index is 14.0. The maximum absolute atomic E-state index is 14.0. The zero-order valence-electron chi connectivity index (χ0n) is 18.7. The van der Waals surface area contributed by atoms with Gasteiger partial charge in [-0.25, -0.2) is 8.78 Å². The Morgan fingerprint density at radius 2 is 1.88 bits per heavy atom. The van der Waals surface area contributed by atoms with Crippen molar-refractivity contribution in [2.45, 2.75) is 77.1 Å². The van der Waals surface area contributed by atoms with Gasteiger partial charge in [0.05, 0.1) is 17.5 Å². The molecule has 0 aromatic heterocycles. The van der Waals surface area contributed by atoms with Crippen molar-refractivity contribution in [3.63, 3.8) is 0 Å². The summed E-state index contributed by atoms with van der Waals surface area (Å²) in [5.74, 6) is -2.70. The van der Waals surface area contributed by atoms with Crippen molar-refractivity contribution in [1.29, 1.82) is 0 Å². The third-order valence-corrected chi connectivity index (χ3v) is 7.83. The Balaban J connectivity index is 1.52. The first-order valence-electron chi connectivity index (χ1n) is 11.5. The van der Waals surface area contributed by atoms with Gasteiger partial charge in [-0.2, -0.15) is 13.2 Å². The molecule has 4 rings (SSSR count). The van der Waals surface area contributed by atoms with Crippen molar-refractivity contribution in [3.05, 3.63) is 34.9 Å². The van der Waals surface area contributed by atoms with Gasteiger partial charge in [0.25, 0.3) is 5.92 Å². The van der Waals surface area contributed by atoms with E-state index in [2.05, 4.69) is 0 Å². The number of alkyl halides is 5. The number of benzene rings is 1. The summed E-state index contributed by atoms with van der Waals surface area (Å²) in [5, 5.41) is 0. The predicted octanol–water partition coefficient (Wildman–Crippen LogP) is 5.52. The molecular weight excluding hydrogens is 427 g/mol. The summed E-state index contributed by atoms with van der Waals surface area (Å²) in [7, 11) is 0. The van der Waals surface area contributed by atoms with Crippen LogP contribution in [-0.2, 0) is 23.9 Å². The number of amides is 1. The molecule has 1 aliphatic carbocycles. The Hall–Kier alpha value is -1.70. The van der Waals surface area contributed by atoms with Gasteiger partial charge in [0, 0.05) is 25.6 Å². The predicted molar refractivity (Wildman–Crippen MR) is 111 cm³/mol. The summed E-state index contributed by atoms with van der Waals surface area (Å²) in [4.78, 5) is 17.3. The van der Waals surface area contributed by atoms with Crippen molar-refractivity contribution < 1.29 is 26.7 Å². The normalized spacial score (nSPS) is 28.8. The quantitative estimate of drug-likeness (QED) is 0.557. The number of hydrogen-bond acceptors (Lipinski definition) is 2. The number of fused-ring (bicyclic) bond motifs is 1. The van der Waals surface area contributed by atoms with Crippen LogP contribution in [0.3, 0.4) is 0 Å². The van der Waals surface area contributed by atoms with Crippen molar-refractivity contribution in [1.82, 2.24) is 9.80 Å². The minimum atomic E-state index is -4.42. The lowest BCUT2D eigenvalue weighted by Gasteiger charge is -2.41. The highest BCUT2D eigenvalue weighted by atomic mass is 19.4. The van der Waals surface area contributed by atoms with E-state index in [1.165, 1.54) is 6.07 Å². The summed E-state index contributed by atoms with van der Waals surface area (Å²) in [6.45, 7) is 4.99. The van der Waals surface area contributed by atoms with E-state index in [1.807, 2.05) is 18.7 Å². The fourth-order valence-corrected chi connectivity index (χ4v) is 5.86. The van der Waals surface area contributed by atoms with Gasteiger partial charge in [-0.1, -0.05) is 19.9 Å². The molecule has 0 N–H and O–H groups in total. The van der Waals surface area contributed by atoms with E-state index in [9.17, 15) is 26.7 Å². The third-order valence-electron chi connectivity index (χ3n) is 7.83. The van der Waals surface area contributed by atoms with E-state index in [4.69, 9.17) is 0 Å². The van der Waals surface area contributed by atoms with Gasteiger partial charge in [-0.15, -0.1) is 0 Å². The van der Waals surface area contributed by atoms with Gasteiger partial charge in [0.1, 0.15) is 0 Å². The van der Waals surface area contributed by atoms with Crippen molar-refractivity contribution in [2.75, 3.05) is 19.6 Å². The van der Waals surface area contributed by atoms with Gasteiger partial charge in [-0.05, 0) is 67.8 Å². The molecule has 8 heteroatoms. The van der Waals surface area contributed by atoms with Crippen LogP contribution < -0.4 is 0 Å². The first kappa shape index (κ1) is 23.5. The van der Waals surface area contributed by atoms with Gasteiger partial charge in [0.2, 0.25) is 5.91 Å². The molecule has 1 aromatic rings. The Bertz CT molecular complexity index is 868. The van der Waals surface area contributed by atoms with Crippen LogP contribution in [0.25, 0.3) is 0 Å². The second-order valence-electron chi connectivity index (χ2n) is 10.1. The molecule has 0 spiro atoms. The van der Waals surface area contributed by atoms with Crippen molar-refractivity contribution in [2.24, 2.45) is 11.3 Å². The van der Waals surface area contributed by atoms with Crippen LogP contribution in [0.5, 0.6) is 0 Å². The van der Waals surface area contributed by atoms with Crippen molar-refractivity contribution in [3.8, 4) is 0 Å². The number of carbonyl (C=O) groups is 1. The lowest BCUT2D eigenvalue weighted by Crippen LogP contribution is -2.50. The molecule has 1 saturated heterocycles.